The summed E-state index contributed by atoms with van der Waals surface area (Å²) in [5.41, 5.74) is 1.09. The molecule has 1 N–H and O–H groups in total. The van der Waals surface area contributed by atoms with Gasteiger partial charge in [0.25, 0.3) is 0 Å². The van der Waals surface area contributed by atoms with E-state index in [9.17, 15) is 4.79 Å². The third kappa shape index (κ3) is 4.10. The first-order valence-electron chi connectivity index (χ1n) is 7.73. The molecule has 1 fully saturated rings. The molecule has 0 aromatic carbocycles. The van der Waals surface area contributed by atoms with Crippen molar-refractivity contribution in [3.63, 3.8) is 0 Å². The van der Waals surface area contributed by atoms with E-state index < -0.39 is 0 Å². The molecule has 0 spiro atoms. The maximum absolute atomic E-state index is 11.4. The summed E-state index contributed by atoms with van der Waals surface area (Å²) in [5.74, 6) is 1.12. The molecule has 0 atom stereocenters. The van der Waals surface area contributed by atoms with Gasteiger partial charge in [-0.1, -0.05) is 17.7 Å². The Labute approximate surface area is 144 Å². The van der Waals surface area contributed by atoms with Gasteiger partial charge in [0.05, 0.1) is 14.8 Å². The second-order valence-corrected chi connectivity index (χ2v) is 7.20. The minimum Gasteiger partial charge on any atom is -0.472 e. The molecule has 1 aliphatic heterocycles. The largest absolute Gasteiger partial charge is 0.472 e. The number of carbonyl (C=O) groups is 1. The van der Waals surface area contributed by atoms with Crippen LogP contribution in [-0.2, 0) is 6.61 Å². The quantitative estimate of drug-likeness (QED) is 0.827. The summed E-state index contributed by atoms with van der Waals surface area (Å²) < 4.78 is 5.79. The van der Waals surface area contributed by atoms with Gasteiger partial charge in [-0.25, -0.2) is 4.98 Å². The maximum Gasteiger partial charge on any atom is 0.213 e. The fraction of sp³-hybridized carbons (Fsp3) is 0.412. The summed E-state index contributed by atoms with van der Waals surface area (Å²) in [7, 11) is 0. The lowest BCUT2D eigenvalue weighted by molar-refractivity contribution is 0.102. The highest BCUT2D eigenvalue weighted by atomic mass is 35.5. The minimum absolute atomic E-state index is 0.0224. The van der Waals surface area contributed by atoms with E-state index in [0.29, 0.717) is 28.3 Å². The van der Waals surface area contributed by atoms with Crippen LogP contribution in [0.3, 0.4) is 0 Å². The van der Waals surface area contributed by atoms with Gasteiger partial charge in [0, 0.05) is 17.7 Å². The molecule has 1 saturated heterocycles. The van der Waals surface area contributed by atoms with Gasteiger partial charge in [0.15, 0.2) is 5.78 Å². The Morgan fingerprint density at radius 3 is 2.91 bits per heavy atom. The van der Waals surface area contributed by atoms with Crippen molar-refractivity contribution >= 4 is 28.7 Å². The van der Waals surface area contributed by atoms with Crippen LogP contribution in [0.25, 0.3) is 0 Å². The average Bonchev–Trinajstić information content (AvgIpc) is 2.95. The average molecular weight is 351 g/mol. The predicted octanol–water partition coefficient (Wildman–Crippen LogP) is 4.05. The topological polar surface area (TPSA) is 51.2 Å². The lowest BCUT2D eigenvalue weighted by atomic mass is 9.94. The molecule has 122 valence electrons. The molecule has 0 aliphatic carbocycles. The summed E-state index contributed by atoms with van der Waals surface area (Å²) in [6.45, 7) is 3.95. The van der Waals surface area contributed by atoms with Gasteiger partial charge in [-0.2, -0.15) is 0 Å². The maximum atomic E-state index is 11.4. The molecule has 2 aromatic rings. The van der Waals surface area contributed by atoms with Crippen molar-refractivity contribution in [1.29, 1.82) is 0 Å². The normalized spacial score (nSPS) is 15.6. The van der Waals surface area contributed by atoms with E-state index in [1.807, 2.05) is 12.1 Å². The number of rotatable bonds is 5. The van der Waals surface area contributed by atoms with Crippen LogP contribution >= 0.6 is 22.9 Å². The van der Waals surface area contributed by atoms with Crippen LogP contribution in [0.5, 0.6) is 5.88 Å². The number of thiophene rings is 1. The van der Waals surface area contributed by atoms with Crippen molar-refractivity contribution in [2.24, 2.45) is 0 Å². The first-order chi connectivity index (χ1) is 11.1. The third-order valence-corrected chi connectivity index (χ3v) is 5.62. The standard InChI is InChI=1S/C17H19ClN2O2S/c1-11(21)15-9-13(18)16(23-15)10-22-17-4-2-3-14(20-17)12-5-7-19-8-6-12/h2-4,9,12,19H,5-8,10H2,1H3. The molecule has 0 saturated carbocycles. The van der Waals surface area contributed by atoms with E-state index in [-0.39, 0.29) is 5.78 Å². The highest BCUT2D eigenvalue weighted by Gasteiger charge is 2.17. The van der Waals surface area contributed by atoms with Gasteiger partial charge in [-0.3, -0.25) is 4.79 Å². The van der Waals surface area contributed by atoms with Crippen LogP contribution < -0.4 is 10.1 Å². The molecule has 4 nitrogen and oxygen atoms in total. The second-order valence-electron chi connectivity index (χ2n) is 5.65. The van der Waals surface area contributed by atoms with Crippen LogP contribution in [0, 0.1) is 0 Å². The molecule has 3 rings (SSSR count). The molecule has 0 amide bonds. The SMILES string of the molecule is CC(=O)c1cc(Cl)c(COc2cccc(C3CCNCC3)n2)s1. The van der Waals surface area contributed by atoms with Gasteiger partial charge in [-0.05, 0) is 45.0 Å². The second kappa shape index (κ2) is 7.43. The van der Waals surface area contributed by atoms with E-state index in [2.05, 4.69) is 16.4 Å². The van der Waals surface area contributed by atoms with Crippen LogP contribution in [0.2, 0.25) is 5.02 Å². The first kappa shape index (κ1) is 16.4. The Morgan fingerprint density at radius 1 is 1.43 bits per heavy atom. The number of Topliss-reactive ketones (excluding diaryl/α,β-unsaturated/α-hetero) is 1. The highest BCUT2D eigenvalue weighted by molar-refractivity contribution is 7.14. The Balaban J connectivity index is 1.67. The molecule has 1 aliphatic rings. The lowest BCUT2D eigenvalue weighted by Gasteiger charge is -2.22. The molecule has 2 aromatic heterocycles. The fourth-order valence-corrected chi connectivity index (χ4v) is 3.88. The minimum atomic E-state index is 0.0224. The summed E-state index contributed by atoms with van der Waals surface area (Å²) in [4.78, 5) is 17.5. The van der Waals surface area contributed by atoms with Gasteiger partial charge >= 0.3 is 0 Å². The summed E-state index contributed by atoms with van der Waals surface area (Å²) >= 11 is 7.54. The molecular formula is C17H19ClN2O2S. The zero-order valence-electron chi connectivity index (χ0n) is 13.0. The number of aromatic nitrogens is 1. The number of piperidine rings is 1. The van der Waals surface area contributed by atoms with Crippen LogP contribution in [0.1, 0.15) is 45.9 Å². The van der Waals surface area contributed by atoms with E-state index in [1.165, 1.54) is 18.3 Å². The first-order valence-corrected chi connectivity index (χ1v) is 8.92. The number of ether oxygens (including phenoxy) is 1. The molecule has 0 bridgehead atoms. The predicted molar refractivity (Wildman–Crippen MR) is 92.7 cm³/mol. The van der Waals surface area contributed by atoms with Crippen molar-refractivity contribution in [2.75, 3.05) is 13.1 Å². The summed E-state index contributed by atoms with van der Waals surface area (Å²) in [6, 6.07) is 7.61. The van der Waals surface area contributed by atoms with Crippen molar-refractivity contribution < 1.29 is 9.53 Å². The number of hydrogen-bond donors (Lipinski definition) is 1. The van der Waals surface area contributed by atoms with Gasteiger partial charge in [-0.15, -0.1) is 11.3 Å². The van der Waals surface area contributed by atoms with Crippen molar-refractivity contribution in [2.45, 2.75) is 32.3 Å². The molecule has 3 heterocycles. The Morgan fingerprint density at radius 2 is 2.22 bits per heavy atom. The van der Waals surface area contributed by atoms with Crippen LogP contribution in [0.4, 0.5) is 0 Å². The molecule has 6 heteroatoms. The van der Waals surface area contributed by atoms with Gasteiger partial charge in [0.1, 0.15) is 6.61 Å². The van der Waals surface area contributed by atoms with Gasteiger partial charge in [0.2, 0.25) is 5.88 Å². The lowest BCUT2D eigenvalue weighted by Crippen LogP contribution is -2.27. The molecule has 0 unspecified atom stereocenters. The van der Waals surface area contributed by atoms with Crippen molar-refractivity contribution in [1.82, 2.24) is 10.3 Å². The molecule has 0 radical (unpaired) electrons. The molecular weight excluding hydrogens is 332 g/mol. The van der Waals surface area contributed by atoms with E-state index >= 15 is 0 Å². The Bertz CT molecular complexity index is 696. The highest BCUT2D eigenvalue weighted by Crippen LogP contribution is 2.29. The monoisotopic (exact) mass is 350 g/mol. The zero-order valence-corrected chi connectivity index (χ0v) is 14.5. The smallest absolute Gasteiger partial charge is 0.213 e. The summed E-state index contributed by atoms with van der Waals surface area (Å²) in [5, 5.41) is 3.94. The van der Waals surface area contributed by atoms with Crippen LogP contribution in [-0.4, -0.2) is 23.9 Å². The number of carbonyl (C=O) groups excluding carboxylic acids is 1. The summed E-state index contributed by atoms with van der Waals surface area (Å²) in [6.07, 6.45) is 2.21. The van der Waals surface area contributed by atoms with Crippen LogP contribution in [0.15, 0.2) is 24.3 Å². The number of halogens is 1. The number of nitrogens with one attached hydrogen (secondary N) is 1. The molecule has 23 heavy (non-hydrogen) atoms. The number of hydrogen-bond acceptors (Lipinski definition) is 5. The Hall–Kier alpha value is -1.43. The number of ketones is 1. The van der Waals surface area contributed by atoms with E-state index in [4.69, 9.17) is 16.3 Å². The van der Waals surface area contributed by atoms with E-state index in [0.717, 1.165) is 36.5 Å². The number of pyridine rings is 1. The number of nitrogens with zero attached hydrogens (tertiary/aromatic N) is 1. The third-order valence-electron chi connectivity index (χ3n) is 3.96. The Kier molecular flexibility index (Phi) is 5.30. The van der Waals surface area contributed by atoms with Gasteiger partial charge < -0.3 is 10.1 Å². The van der Waals surface area contributed by atoms with Crippen molar-refractivity contribution in [3.8, 4) is 5.88 Å². The fourth-order valence-electron chi connectivity index (χ4n) is 2.67. The zero-order chi connectivity index (χ0) is 16.2. The van der Waals surface area contributed by atoms with Crippen molar-refractivity contribution in [3.05, 3.63) is 44.7 Å². The van der Waals surface area contributed by atoms with E-state index in [1.54, 1.807) is 6.07 Å².